The fourth-order valence-electron chi connectivity index (χ4n) is 1.36. The molecule has 0 saturated heterocycles. The number of hydrogen-bond acceptors (Lipinski definition) is 1. The maximum Gasteiger partial charge on any atom is 0.250 e. The van der Waals surface area contributed by atoms with Crippen LogP contribution < -0.4 is 0 Å². The van der Waals surface area contributed by atoms with Crippen LogP contribution in [-0.4, -0.2) is 8.32 Å². The highest BCUT2D eigenvalue weighted by Crippen LogP contribution is 2.39. The molecule has 0 saturated carbocycles. The number of rotatable bonds is 2. The molecule has 0 spiro atoms. The topological polar surface area (TPSA) is 9.23 Å². The fourth-order valence-corrected chi connectivity index (χ4v) is 2.54. The summed E-state index contributed by atoms with van der Waals surface area (Å²) >= 11 is 0. The van der Waals surface area contributed by atoms with E-state index in [1.54, 1.807) is 0 Å². The molecule has 0 aromatic heterocycles. The van der Waals surface area contributed by atoms with Crippen molar-refractivity contribution in [3.05, 3.63) is 23.5 Å². The van der Waals surface area contributed by atoms with E-state index in [-0.39, 0.29) is 0 Å². The van der Waals surface area contributed by atoms with Crippen molar-refractivity contribution >= 4 is 8.32 Å². The maximum absolute atomic E-state index is 6.32. The normalized spacial score (nSPS) is 18.3. The van der Waals surface area contributed by atoms with Crippen LogP contribution in [0, 0.1) is 0 Å². The van der Waals surface area contributed by atoms with E-state index in [4.69, 9.17) is 4.43 Å². The number of allylic oxidation sites excluding steroid dienone is 4. The molecule has 1 aliphatic carbocycles. The second-order valence-corrected chi connectivity index (χ2v) is 10.6. The van der Waals surface area contributed by atoms with Crippen LogP contribution in [0.1, 0.15) is 40.5 Å². The van der Waals surface area contributed by atoms with Crippen LogP contribution in [0.5, 0.6) is 0 Å². The molecular formula is C13H24OSi. The Morgan fingerprint density at radius 3 is 2.33 bits per heavy atom. The Hall–Kier alpha value is -0.503. The molecule has 0 bridgehead atoms. The van der Waals surface area contributed by atoms with E-state index in [0.717, 1.165) is 12.8 Å². The van der Waals surface area contributed by atoms with Crippen molar-refractivity contribution in [2.75, 3.05) is 0 Å². The van der Waals surface area contributed by atoms with Gasteiger partial charge in [-0.2, -0.15) is 0 Å². The van der Waals surface area contributed by atoms with Gasteiger partial charge >= 0.3 is 0 Å². The summed E-state index contributed by atoms with van der Waals surface area (Å²) in [6, 6.07) is 0. The first-order valence-electron chi connectivity index (χ1n) is 5.79. The van der Waals surface area contributed by atoms with Gasteiger partial charge in [0, 0.05) is 6.42 Å². The molecular weight excluding hydrogens is 200 g/mol. The predicted octanol–water partition coefficient (Wildman–Crippen LogP) is 4.63. The van der Waals surface area contributed by atoms with Crippen LogP contribution in [0.15, 0.2) is 23.5 Å². The predicted molar refractivity (Wildman–Crippen MR) is 69.4 cm³/mol. The van der Waals surface area contributed by atoms with Crippen LogP contribution in [-0.2, 0) is 4.43 Å². The third-order valence-electron chi connectivity index (χ3n) is 3.53. The summed E-state index contributed by atoms with van der Waals surface area (Å²) in [4.78, 5) is 0. The summed E-state index contributed by atoms with van der Waals surface area (Å²) in [5, 5.41) is 0.293. The third kappa shape index (κ3) is 2.97. The van der Waals surface area contributed by atoms with Crippen LogP contribution in [0.2, 0.25) is 18.1 Å². The van der Waals surface area contributed by atoms with Gasteiger partial charge in [-0.3, -0.25) is 0 Å². The zero-order valence-corrected chi connectivity index (χ0v) is 12.0. The number of hydrogen-bond donors (Lipinski definition) is 0. The van der Waals surface area contributed by atoms with Crippen molar-refractivity contribution in [3.63, 3.8) is 0 Å². The van der Waals surface area contributed by atoms with Crippen LogP contribution in [0.3, 0.4) is 0 Å². The minimum atomic E-state index is -1.63. The highest BCUT2D eigenvalue weighted by atomic mass is 28.4. The SMILES string of the molecule is CC1=C(O[Si](C)(C)C(C)(C)C)CCC=C1. The van der Waals surface area contributed by atoms with Gasteiger partial charge in [0.15, 0.2) is 0 Å². The first kappa shape index (κ1) is 12.6. The van der Waals surface area contributed by atoms with E-state index < -0.39 is 8.32 Å². The molecule has 0 aromatic rings. The van der Waals surface area contributed by atoms with Gasteiger partial charge in [0.1, 0.15) is 0 Å². The molecule has 0 heterocycles. The van der Waals surface area contributed by atoms with Gasteiger partial charge in [0.2, 0.25) is 8.32 Å². The van der Waals surface area contributed by atoms with Gasteiger partial charge < -0.3 is 4.43 Å². The molecule has 1 aliphatic rings. The van der Waals surface area contributed by atoms with Crippen molar-refractivity contribution in [2.24, 2.45) is 0 Å². The first-order chi connectivity index (χ1) is 6.74. The van der Waals surface area contributed by atoms with Crippen molar-refractivity contribution in [3.8, 4) is 0 Å². The quantitative estimate of drug-likeness (QED) is 0.621. The van der Waals surface area contributed by atoms with Crippen molar-refractivity contribution in [1.82, 2.24) is 0 Å². The maximum atomic E-state index is 6.32. The van der Waals surface area contributed by atoms with Crippen LogP contribution in [0.25, 0.3) is 0 Å². The lowest BCUT2D eigenvalue weighted by atomic mass is 10.1. The Labute approximate surface area is 95.4 Å². The van der Waals surface area contributed by atoms with Crippen LogP contribution in [0.4, 0.5) is 0 Å². The second-order valence-electron chi connectivity index (χ2n) is 5.91. The third-order valence-corrected chi connectivity index (χ3v) is 7.90. The Kier molecular flexibility index (Phi) is 3.49. The average molecular weight is 224 g/mol. The molecule has 0 aliphatic heterocycles. The molecule has 0 fully saturated rings. The summed E-state index contributed by atoms with van der Waals surface area (Å²) in [6.07, 6.45) is 6.62. The summed E-state index contributed by atoms with van der Waals surface area (Å²) in [7, 11) is -1.63. The van der Waals surface area contributed by atoms with Gasteiger partial charge in [-0.1, -0.05) is 32.9 Å². The Morgan fingerprint density at radius 1 is 1.27 bits per heavy atom. The molecule has 1 nitrogen and oxygen atoms in total. The smallest absolute Gasteiger partial charge is 0.250 e. The molecule has 2 heteroatoms. The standard InChI is InChI=1S/C13H24OSi/c1-11-9-7-8-10-12(11)14-15(5,6)13(2,3)4/h7,9H,8,10H2,1-6H3. The fraction of sp³-hybridized carbons (Fsp3) is 0.692. The minimum Gasteiger partial charge on any atom is -0.546 e. The second kappa shape index (κ2) is 4.16. The highest BCUT2D eigenvalue weighted by molar-refractivity contribution is 6.74. The molecule has 0 aromatic carbocycles. The molecule has 0 atom stereocenters. The summed E-state index contributed by atoms with van der Waals surface area (Å²) in [5.41, 5.74) is 1.31. The monoisotopic (exact) mass is 224 g/mol. The van der Waals surface area contributed by atoms with Gasteiger partial charge in [-0.25, -0.2) is 0 Å². The summed E-state index contributed by atoms with van der Waals surface area (Å²) in [5.74, 6) is 1.23. The molecule has 0 unspecified atom stereocenters. The molecule has 1 rings (SSSR count). The molecule has 86 valence electrons. The van der Waals surface area contributed by atoms with E-state index in [0.29, 0.717) is 5.04 Å². The lowest BCUT2D eigenvalue weighted by Crippen LogP contribution is -2.40. The van der Waals surface area contributed by atoms with E-state index in [1.807, 2.05) is 0 Å². The zero-order valence-electron chi connectivity index (χ0n) is 11.0. The van der Waals surface area contributed by atoms with Crippen molar-refractivity contribution in [2.45, 2.75) is 58.7 Å². The van der Waals surface area contributed by atoms with Crippen molar-refractivity contribution < 1.29 is 4.43 Å². The van der Waals surface area contributed by atoms with Gasteiger partial charge in [0.25, 0.3) is 0 Å². The van der Waals surface area contributed by atoms with E-state index in [9.17, 15) is 0 Å². The summed E-state index contributed by atoms with van der Waals surface area (Å²) < 4.78 is 6.32. The zero-order chi connectivity index (χ0) is 11.7. The Morgan fingerprint density at radius 2 is 1.87 bits per heavy atom. The Bertz CT molecular complexity index is 292. The minimum absolute atomic E-state index is 0.293. The molecule has 0 N–H and O–H groups in total. The first-order valence-corrected chi connectivity index (χ1v) is 8.70. The average Bonchev–Trinajstić information content (AvgIpc) is 2.06. The van der Waals surface area contributed by atoms with Crippen molar-refractivity contribution in [1.29, 1.82) is 0 Å². The lowest BCUT2D eigenvalue weighted by Gasteiger charge is -2.38. The molecule has 0 amide bonds. The molecule has 15 heavy (non-hydrogen) atoms. The lowest BCUT2D eigenvalue weighted by molar-refractivity contribution is 0.361. The van der Waals surface area contributed by atoms with Gasteiger partial charge in [-0.05, 0) is 37.0 Å². The van der Waals surface area contributed by atoms with Gasteiger partial charge in [-0.15, -0.1) is 0 Å². The molecule has 0 radical (unpaired) electrons. The van der Waals surface area contributed by atoms with Crippen LogP contribution >= 0.6 is 0 Å². The van der Waals surface area contributed by atoms with Gasteiger partial charge in [0.05, 0.1) is 5.76 Å². The van der Waals surface area contributed by atoms with E-state index >= 15 is 0 Å². The largest absolute Gasteiger partial charge is 0.546 e. The van der Waals surface area contributed by atoms with E-state index in [2.05, 4.69) is 52.9 Å². The Balaban J connectivity index is 2.82. The van der Waals surface area contributed by atoms with E-state index in [1.165, 1.54) is 11.3 Å². The highest BCUT2D eigenvalue weighted by Gasteiger charge is 2.39. The summed E-state index contributed by atoms with van der Waals surface area (Å²) in [6.45, 7) is 13.6.